The molecule has 5 aromatic rings. The molecule has 0 fully saturated rings. The Bertz CT molecular complexity index is 1410. The number of benzene rings is 2. The normalized spacial score (nSPS) is 13.8. The number of rotatable bonds is 2. The summed E-state index contributed by atoms with van der Waals surface area (Å²) in [5.74, 6) is 0. The van der Waals surface area contributed by atoms with E-state index in [-0.39, 0.29) is 0 Å². The van der Waals surface area contributed by atoms with Gasteiger partial charge in [-0.1, -0.05) is 51.1 Å². The lowest BCUT2D eigenvalue weighted by molar-refractivity contribution is 0.411. The van der Waals surface area contributed by atoms with Crippen molar-refractivity contribution in [3.63, 3.8) is 0 Å². The van der Waals surface area contributed by atoms with E-state index in [9.17, 15) is 0 Å². The van der Waals surface area contributed by atoms with Crippen LogP contribution in [0.25, 0.3) is 44.2 Å². The van der Waals surface area contributed by atoms with Crippen LogP contribution in [0.15, 0.2) is 71.3 Å². The smallest absolute Gasteiger partial charge is 0.227 e. The third-order valence-electron chi connectivity index (χ3n) is 4.75. The van der Waals surface area contributed by atoms with Crippen LogP contribution in [0.5, 0.6) is 0 Å². The molecule has 2 aromatic carbocycles. The molecule has 0 aliphatic rings. The number of aromatic nitrogens is 2. The average molecular weight is 368 g/mol. The summed E-state index contributed by atoms with van der Waals surface area (Å²) in [6.07, 6.45) is 0.175. The van der Waals surface area contributed by atoms with E-state index in [1.54, 1.807) is 12.3 Å². The minimum Gasteiger partial charge on any atom is -0.437 e. The zero-order valence-corrected chi connectivity index (χ0v) is 16.2. The first-order chi connectivity index (χ1) is 14.3. The number of nitrogens with zero attached hydrogens (tertiary/aromatic N) is 2. The molecule has 5 rings (SSSR count). The molecule has 0 N–H and O–H groups in total. The first-order valence-electron chi connectivity index (χ1n) is 10.4. The maximum absolute atomic E-state index is 8.62. The summed E-state index contributed by atoms with van der Waals surface area (Å²) >= 11 is 0. The second-order valence-electron chi connectivity index (χ2n) is 8.12. The molecule has 28 heavy (non-hydrogen) atoms. The van der Waals surface area contributed by atoms with Crippen LogP contribution >= 0.6 is 0 Å². The largest absolute Gasteiger partial charge is 0.437 e. The SMILES string of the molecule is [2H]C([2H])(c1ccnc(-c2cccc3c2oc2nc4ccccc4cc23)c1)C(C)(C)C. The molecule has 0 aliphatic heterocycles. The number of pyridine rings is 2. The Morgan fingerprint density at radius 2 is 1.82 bits per heavy atom. The van der Waals surface area contributed by atoms with Crippen molar-refractivity contribution in [3.8, 4) is 11.3 Å². The molecule has 3 aromatic heterocycles. The van der Waals surface area contributed by atoms with Crippen LogP contribution in [-0.2, 0) is 6.37 Å². The summed E-state index contributed by atoms with van der Waals surface area (Å²) in [5.41, 5.74) is 3.80. The van der Waals surface area contributed by atoms with Crippen molar-refractivity contribution in [2.75, 3.05) is 0 Å². The summed E-state index contributed by atoms with van der Waals surface area (Å²) in [5, 5.41) is 3.01. The highest BCUT2D eigenvalue weighted by Crippen LogP contribution is 2.36. The van der Waals surface area contributed by atoms with E-state index in [4.69, 9.17) is 12.1 Å². The van der Waals surface area contributed by atoms with Gasteiger partial charge < -0.3 is 4.42 Å². The number of para-hydroxylation sites is 2. The fourth-order valence-electron chi connectivity index (χ4n) is 3.62. The lowest BCUT2D eigenvalue weighted by Gasteiger charge is -2.18. The van der Waals surface area contributed by atoms with Gasteiger partial charge in [0.05, 0.1) is 11.2 Å². The molecule has 0 bridgehead atoms. The van der Waals surface area contributed by atoms with Crippen molar-refractivity contribution < 1.29 is 7.16 Å². The van der Waals surface area contributed by atoms with E-state index < -0.39 is 11.8 Å². The van der Waals surface area contributed by atoms with Crippen LogP contribution < -0.4 is 0 Å². The van der Waals surface area contributed by atoms with E-state index in [0.29, 0.717) is 17.0 Å². The van der Waals surface area contributed by atoms with Crippen molar-refractivity contribution in [1.82, 2.24) is 9.97 Å². The summed E-state index contributed by atoms with van der Waals surface area (Å²) in [6.45, 7) is 5.72. The van der Waals surface area contributed by atoms with Gasteiger partial charge in [0.25, 0.3) is 0 Å². The average Bonchev–Trinajstić information content (AvgIpc) is 3.09. The molecule has 0 amide bonds. The molecule has 3 heteroatoms. The van der Waals surface area contributed by atoms with Gasteiger partial charge in [-0.25, -0.2) is 4.98 Å². The zero-order valence-electron chi connectivity index (χ0n) is 18.2. The van der Waals surface area contributed by atoms with Crippen molar-refractivity contribution >= 4 is 33.0 Å². The maximum atomic E-state index is 8.62. The maximum Gasteiger partial charge on any atom is 0.227 e. The van der Waals surface area contributed by atoms with Crippen molar-refractivity contribution in [1.29, 1.82) is 0 Å². The van der Waals surface area contributed by atoms with Crippen LogP contribution in [0.3, 0.4) is 0 Å². The fraction of sp³-hybridized carbons (Fsp3) is 0.200. The van der Waals surface area contributed by atoms with E-state index in [1.165, 1.54) is 0 Å². The predicted molar refractivity (Wildman–Crippen MR) is 115 cm³/mol. The van der Waals surface area contributed by atoms with Gasteiger partial charge in [-0.15, -0.1) is 0 Å². The fourth-order valence-corrected chi connectivity index (χ4v) is 3.62. The topological polar surface area (TPSA) is 38.9 Å². The Labute approximate surface area is 166 Å². The summed E-state index contributed by atoms with van der Waals surface area (Å²) in [7, 11) is 0. The first kappa shape index (κ1) is 14.8. The van der Waals surface area contributed by atoms with Crippen LogP contribution in [0.2, 0.25) is 0 Å². The molecule has 0 aliphatic carbocycles. The molecule has 0 radical (unpaired) electrons. The minimum absolute atomic E-state index is 0.541. The Morgan fingerprint density at radius 1 is 0.964 bits per heavy atom. The van der Waals surface area contributed by atoms with Gasteiger partial charge in [0, 0.05) is 30.7 Å². The number of furan rings is 1. The highest BCUT2D eigenvalue weighted by Gasteiger charge is 2.16. The Kier molecular flexibility index (Phi) is 3.26. The lowest BCUT2D eigenvalue weighted by Crippen LogP contribution is -2.09. The van der Waals surface area contributed by atoms with Crippen LogP contribution in [-0.4, -0.2) is 9.97 Å². The standard InChI is InChI=1S/C25H22N2O/c1-25(2,3)15-16-11-12-26-22(13-16)19-9-6-8-18-20-14-17-7-4-5-10-21(17)27-24(20)28-23(18)19/h4-14H,15H2,1-3H3/i15D2. The highest BCUT2D eigenvalue weighted by atomic mass is 16.3. The first-order valence-corrected chi connectivity index (χ1v) is 9.44. The van der Waals surface area contributed by atoms with Crippen LogP contribution in [0, 0.1) is 5.41 Å². The Morgan fingerprint density at radius 3 is 2.68 bits per heavy atom. The van der Waals surface area contributed by atoms with Crippen LogP contribution in [0.1, 0.15) is 29.1 Å². The molecule has 0 saturated carbocycles. The van der Waals surface area contributed by atoms with Crippen molar-refractivity contribution in [2.24, 2.45) is 5.41 Å². The molecule has 138 valence electrons. The Balaban J connectivity index is 1.74. The number of fused-ring (bicyclic) bond motifs is 4. The van der Waals surface area contributed by atoms with Gasteiger partial charge in [-0.2, -0.15) is 0 Å². The van der Waals surface area contributed by atoms with Gasteiger partial charge in [-0.3, -0.25) is 4.98 Å². The molecule has 0 saturated heterocycles. The van der Waals surface area contributed by atoms with E-state index >= 15 is 0 Å². The van der Waals surface area contributed by atoms with Gasteiger partial charge in [0.15, 0.2) is 0 Å². The molecule has 0 unspecified atom stereocenters. The minimum atomic E-state index is -1.49. The van der Waals surface area contributed by atoms with E-state index in [2.05, 4.69) is 11.1 Å². The number of hydrogen-bond acceptors (Lipinski definition) is 3. The predicted octanol–water partition coefficient (Wildman–Crippen LogP) is 6.78. The van der Waals surface area contributed by atoms with Gasteiger partial charge in [-0.05, 0) is 47.7 Å². The molecule has 0 atom stereocenters. The van der Waals surface area contributed by atoms with Gasteiger partial charge >= 0.3 is 0 Å². The molecular weight excluding hydrogens is 344 g/mol. The second kappa shape index (κ2) is 6.16. The second-order valence-corrected chi connectivity index (χ2v) is 8.12. The lowest BCUT2D eigenvalue weighted by atomic mass is 9.88. The Hall–Kier alpha value is -3.20. The molecule has 0 spiro atoms. The third-order valence-corrected chi connectivity index (χ3v) is 4.75. The third kappa shape index (κ3) is 2.93. The molecule has 3 heterocycles. The summed E-state index contributed by atoms with van der Waals surface area (Å²) in [6, 6.07) is 19.6. The number of hydrogen-bond donors (Lipinski definition) is 0. The van der Waals surface area contributed by atoms with Crippen LogP contribution in [0.4, 0.5) is 0 Å². The molecule has 3 nitrogen and oxygen atoms in total. The van der Waals surface area contributed by atoms with E-state index in [1.807, 2.05) is 69.3 Å². The van der Waals surface area contributed by atoms with E-state index in [0.717, 1.165) is 32.8 Å². The highest BCUT2D eigenvalue weighted by molar-refractivity contribution is 6.10. The summed E-state index contributed by atoms with van der Waals surface area (Å²) in [4.78, 5) is 9.23. The summed E-state index contributed by atoms with van der Waals surface area (Å²) < 4.78 is 23.4. The van der Waals surface area contributed by atoms with Crippen molar-refractivity contribution in [3.05, 3.63) is 72.4 Å². The monoisotopic (exact) mass is 368 g/mol. The van der Waals surface area contributed by atoms with Gasteiger partial charge in [0.1, 0.15) is 5.58 Å². The van der Waals surface area contributed by atoms with Crippen molar-refractivity contribution in [2.45, 2.75) is 27.1 Å². The zero-order chi connectivity index (χ0) is 21.1. The van der Waals surface area contributed by atoms with Gasteiger partial charge in [0.2, 0.25) is 5.71 Å². The quantitative estimate of drug-likeness (QED) is 0.344. The molecular formula is C25H22N2O.